The number of hydrogen-bond acceptors (Lipinski definition) is 4. The number of carboxylic acid groups (broad SMARTS) is 1. The van der Waals surface area contributed by atoms with Crippen molar-refractivity contribution in [2.45, 2.75) is 25.4 Å². The van der Waals surface area contributed by atoms with Crippen LogP contribution in [0.4, 0.5) is 0 Å². The van der Waals surface area contributed by atoms with E-state index in [0.29, 0.717) is 5.75 Å². The summed E-state index contributed by atoms with van der Waals surface area (Å²) in [6.07, 6.45) is -0.398. The molecule has 2 atom stereocenters. The standard InChI is InChI=1S/C13H17BrN2O4/c1-7(16-13(19)10(15)6-12(17)18)8-3-4-11(20-2)9(14)5-8/h3-5,7,10H,6,15H2,1-2H3,(H,16,19)(H,17,18). The molecule has 1 amide bonds. The Morgan fingerprint density at radius 1 is 1.50 bits per heavy atom. The lowest BCUT2D eigenvalue weighted by atomic mass is 10.1. The van der Waals surface area contributed by atoms with Gasteiger partial charge in [-0.25, -0.2) is 0 Å². The number of nitrogens with two attached hydrogens (primary N) is 1. The van der Waals surface area contributed by atoms with Crippen LogP contribution in [0.3, 0.4) is 0 Å². The molecule has 1 aromatic carbocycles. The van der Waals surface area contributed by atoms with Gasteiger partial charge >= 0.3 is 5.97 Å². The van der Waals surface area contributed by atoms with Gasteiger partial charge in [-0.1, -0.05) is 6.07 Å². The summed E-state index contributed by atoms with van der Waals surface area (Å²) in [4.78, 5) is 22.2. The first-order valence-corrected chi connectivity index (χ1v) is 6.75. The average molecular weight is 345 g/mol. The molecule has 1 aromatic rings. The number of carboxylic acids is 1. The third-order valence-electron chi connectivity index (χ3n) is 2.77. The maximum absolute atomic E-state index is 11.7. The van der Waals surface area contributed by atoms with Gasteiger partial charge in [0.2, 0.25) is 5.91 Å². The van der Waals surface area contributed by atoms with Gasteiger partial charge in [-0.15, -0.1) is 0 Å². The fourth-order valence-corrected chi connectivity index (χ4v) is 2.19. The van der Waals surface area contributed by atoms with Gasteiger partial charge in [-0.2, -0.15) is 0 Å². The molecule has 0 saturated carbocycles. The first-order chi connectivity index (χ1) is 9.35. The zero-order valence-corrected chi connectivity index (χ0v) is 12.8. The fraction of sp³-hybridized carbons (Fsp3) is 0.385. The summed E-state index contributed by atoms with van der Waals surface area (Å²) in [5.41, 5.74) is 6.35. The summed E-state index contributed by atoms with van der Waals surface area (Å²) >= 11 is 3.36. The first-order valence-electron chi connectivity index (χ1n) is 5.96. The normalized spacial score (nSPS) is 13.4. The van der Waals surface area contributed by atoms with Crippen LogP contribution in [0.25, 0.3) is 0 Å². The molecule has 6 nitrogen and oxygen atoms in total. The van der Waals surface area contributed by atoms with E-state index < -0.39 is 24.3 Å². The number of nitrogens with one attached hydrogen (secondary N) is 1. The van der Waals surface area contributed by atoms with Crippen molar-refractivity contribution >= 4 is 27.8 Å². The predicted octanol–water partition coefficient (Wildman–Crippen LogP) is 1.44. The largest absolute Gasteiger partial charge is 0.496 e. The first kappa shape index (κ1) is 16.5. The number of rotatable bonds is 6. The SMILES string of the molecule is COc1ccc(C(C)NC(=O)C(N)CC(=O)O)cc1Br. The number of amides is 1. The van der Waals surface area contributed by atoms with Crippen LogP contribution in [-0.2, 0) is 9.59 Å². The van der Waals surface area contributed by atoms with Crippen LogP contribution in [-0.4, -0.2) is 30.1 Å². The van der Waals surface area contributed by atoms with Crippen molar-refractivity contribution in [2.24, 2.45) is 5.73 Å². The molecule has 0 heterocycles. The van der Waals surface area contributed by atoms with Crippen molar-refractivity contribution in [3.05, 3.63) is 28.2 Å². The molecule has 2 unspecified atom stereocenters. The van der Waals surface area contributed by atoms with Crippen LogP contribution < -0.4 is 15.8 Å². The van der Waals surface area contributed by atoms with Gasteiger partial charge in [-0.3, -0.25) is 9.59 Å². The highest BCUT2D eigenvalue weighted by Gasteiger charge is 2.19. The van der Waals surface area contributed by atoms with Crippen molar-refractivity contribution in [3.8, 4) is 5.75 Å². The second kappa shape index (κ2) is 7.25. The van der Waals surface area contributed by atoms with E-state index in [4.69, 9.17) is 15.6 Å². The third kappa shape index (κ3) is 4.50. The summed E-state index contributed by atoms with van der Waals surface area (Å²) < 4.78 is 5.89. The van der Waals surface area contributed by atoms with Gasteiger partial charge in [0.25, 0.3) is 0 Å². The molecule has 0 saturated heterocycles. The second-order valence-corrected chi connectivity index (χ2v) is 5.18. The lowest BCUT2D eigenvalue weighted by molar-refractivity contribution is -0.139. The number of hydrogen-bond donors (Lipinski definition) is 3. The van der Waals surface area contributed by atoms with Crippen LogP contribution in [0.2, 0.25) is 0 Å². The molecular formula is C13H17BrN2O4. The number of benzene rings is 1. The van der Waals surface area contributed by atoms with Crippen LogP contribution >= 0.6 is 15.9 Å². The van der Waals surface area contributed by atoms with E-state index in [1.165, 1.54) is 0 Å². The zero-order chi connectivity index (χ0) is 15.3. The van der Waals surface area contributed by atoms with Gasteiger partial charge in [-0.05, 0) is 40.5 Å². The Kier molecular flexibility index (Phi) is 5.97. The van der Waals surface area contributed by atoms with E-state index in [0.717, 1.165) is 10.0 Å². The molecule has 7 heteroatoms. The fourth-order valence-electron chi connectivity index (χ4n) is 1.64. The molecule has 0 aliphatic rings. The minimum Gasteiger partial charge on any atom is -0.496 e. The van der Waals surface area contributed by atoms with Gasteiger partial charge in [0.15, 0.2) is 0 Å². The van der Waals surface area contributed by atoms with Crippen LogP contribution in [0.1, 0.15) is 24.9 Å². The van der Waals surface area contributed by atoms with Crippen LogP contribution in [0, 0.1) is 0 Å². The minimum absolute atomic E-state index is 0.287. The molecule has 0 fully saturated rings. The van der Waals surface area contributed by atoms with Crippen molar-refractivity contribution in [1.82, 2.24) is 5.32 Å². The van der Waals surface area contributed by atoms with Crippen molar-refractivity contribution < 1.29 is 19.4 Å². The molecule has 20 heavy (non-hydrogen) atoms. The third-order valence-corrected chi connectivity index (χ3v) is 3.39. The quantitative estimate of drug-likeness (QED) is 0.724. The van der Waals surface area contributed by atoms with Gasteiger partial charge < -0.3 is 20.9 Å². The number of ether oxygens (including phenoxy) is 1. The van der Waals surface area contributed by atoms with E-state index in [2.05, 4.69) is 21.2 Å². The monoisotopic (exact) mass is 344 g/mol. The topological polar surface area (TPSA) is 102 Å². The zero-order valence-electron chi connectivity index (χ0n) is 11.2. The number of halogens is 1. The summed E-state index contributed by atoms with van der Waals surface area (Å²) in [5, 5.41) is 11.3. The minimum atomic E-state index is -1.10. The Bertz CT molecular complexity index is 507. The molecule has 0 aliphatic carbocycles. The van der Waals surface area contributed by atoms with Crippen molar-refractivity contribution in [1.29, 1.82) is 0 Å². The Hall–Kier alpha value is -1.60. The van der Waals surface area contributed by atoms with E-state index >= 15 is 0 Å². The Morgan fingerprint density at radius 2 is 2.15 bits per heavy atom. The molecular weight excluding hydrogens is 328 g/mol. The second-order valence-electron chi connectivity index (χ2n) is 4.33. The molecule has 1 rings (SSSR count). The van der Waals surface area contributed by atoms with Crippen LogP contribution in [0.15, 0.2) is 22.7 Å². The van der Waals surface area contributed by atoms with Gasteiger partial charge in [0, 0.05) is 0 Å². The van der Waals surface area contributed by atoms with E-state index in [1.807, 2.05) is 12.1 Å². The maximum atomic E-state index is 11.7. The smallest absolute Gasteiger partial charge is 0.305 e. The Morgan fingerprint density at radius 3 is 2.65 bits per heavy atom. The summed E-state index contributed by atoms with van der Waals surface area (Å²) in [7, 11) is 1.57. The number of aliphatic carboxylic acids is 1. The summed E-state index contributed by atoms with van der Waals surface area (Å²) in [6, 6.07) is 4.07. The molecule has 0 radical (unpaired) electrons. The lowest BCUT2D eigenvalue weighted by Crippen LogP contribution is -2.42. The average Bonchev–Trinajstić information content (AvgIpc) is 2.37. The summed E-state index contributed by atoms with van der Waals surface area (Å²) in [5.74, 6) is -0.908. The highest BCUT2D eigenvalue weighted by molar-refractivity contribution is 9.10. The highest BCUT2D eigenvalue weighted by atomic mass is 79.9. The Labute approximate surface area is 125 Å². The van der Waals surface area contributed by atoms with Crippen molar-refractivity contribution in [3.63, 3.8) is 0 Å². The van der Waals surface area contributed by atoms with Gasteiger partial charge in [0.05, 0.1) is 30.1 Å². The molecule has 0 bridgehead atoms. The van der Waals surface area contributed by atoms with Crippen LogP contribution in [0.5, 0.6) is 5.75 Å². The van der Waals surface area contributed by atoms with E-state index in [9.17, 15) is 9.59 Å². The number of carbonyl (C=O) groups is 2. The maximum Gasteiger partial charge on any atom is 0.305 e. The number of methoxy groups -OCH3 is 1. The molecule has 0 aromatic heterocycles. The lowest BCUT2D eigenvalue weighted by Gasteiger charge is -2.18. The molecule has 0 aliphatic heterocycles. The number of carbonyl (C=O) groups excluding carboxylic acids is 1. The molecule has 110 valence electrons. The van der Waals surface area contributed by atoms with Gasteiger partial charge in [0.1, 0.15) is 5.75 Å². The molecule has 4 N–H and O–H groups in total. The molecule has 0 spiro atoms. The van der Waals surface area contributed by atoms with E-state index in [-0.39, 0.29) is 6.04 Å². The Balaban J connectivity index is 2.71. The highest BCUT2D eigenvalue weighted by Crippen LogP contribution is 2.27. The van der Waals surface area contributed by atoms with Crippen molar-refractivity contribution in [2.75, 3.05) is 7.11 Å². The van der Waals surface area contributed by atoms with E-state index in [1.54, 1.807) is 20.1 Å². The predicted molar refractivity (Wildman–Crippen MR) is 77.5 cm³/mol. The summed E-state index contributed by atoms with van der Waals surface area (Å²) in [6.45, 7) is 1.79.